The first kappa shape index (κ1) is 15.8. The van der Waals surface area contributed by atoms with E-state index in [-0.39, 0.29) is 18.1 Å². The number of carbonyl (C=O) groups excluding carboxylic acids is 3. The highest BCUT2D eigenvalue weighted by Crippen LogP contribution is 2.10. The predicted molar refractivity (Wildman–Crippen MR) is 74.6 cm³/mol. The van der Waals surface area contributed by atoms with Gasteiger partial charge < -0.3 is 15.4 Å². The average molecular weight is 278 g/mol. The molecule has 20 heavy (non-hydrogen) atoms. The Balaban J connectivity index is 2.42. The van der Waals surface area contributed by atoms with Crippen LogP contribution in [0.5, 0.6) is 0 Å². The van der Waals surface area contributed by atoms with Crippen molar-refractivity contribution in [1.29, 1.82) is 0 Å². The van der Waals surface area contributed by atoms with Gasteiger partial charge in [0.05, 0.1) is 6.61 Å². The Bertz CT molecular complexity index is 482. The summed E-state index contributed by atoms with van der Waals surface area (Å²) >= 11 is 0. The standard InChI is InChI=1S/C14H18N2O4/c1-10(17)11-3-5-12(6-4-11)16-14(19)9-13(18)15-7-8-20-2/h3-6H,7-9H2,1-2H3,(H,15,18)(H,16,19). The summed E-state index contributed by atoms with van der Waals surface area (Å²) in [7, 11) is 1.53. The third-order valence-electron chi connectivity index (χ3n) is 2.52. The van der Waals surface area contributed by atoms with E-state index < -0.39 is 5.91 Å². The first-order valence-electron chi connectivity index (χ1n) is 6.19. The fourth-order valence-electron chi connectivity index (χ4n) is 1.49. The Morgan fingerprint density at radius 3 is 2.30 bits per heavy atom. The van der Waals surface area contributed by atoms with Crippen molar-refractivity contribution in [3.05, 3.63) is 29.8 Å². The van der Waals surface area contributed by atoms with Crippen LogP contribution in [0.1, 0.15) is 23.7 Å². The Kier molecular flexibility index (Phi) is 6.39. The minimum Gasteiger partial charge on any atom is -0.383 e. The largest absolute Gasteiger partial charge is 0.383 e. The maximum Gasteiger partial charge on any atom is 0.233 e. The first-order valence-corrected chi connectivity index (χ1v) is 6.19. The van der Waals surface area contributed by atoms with Gasteiger partial charge in [0, 0.05) is 24.9 Å². The molecule has 6 heteroatoms. The Labute approximate surface area is 117 Å². The monoisotopic (exact) mass is 278 g/mol. The van der Waals surface area contributed by atoms with E-state index in [0.717, 1.165) is 0 Å². The van der Waals surface area contributed by atoms with E-state index in [4.69, 9.17) is 4.74 Å². The molecule has 2 N–H and O–H groups in total. The second kappa shape index (κ2) is 8.06. The third kappa shape index (κ3) is 5.62. The van der Waals surface area contributed by atoms with E-state index in [1.165, 1.54) is 14.0 Å². The zero-order chi connectivity index (χ0) is 15.0. The van der Waals surface area contributed by atoms with E-state index in [1.54, 1.807) is 24.3 Å². The molecule has 0 fully saturated rings. The number of hydrogen-bond donors (Lipinski definition) is 2. The average Bonchev–Trinajstić information content (AvgIpc) is 2.39. The summed E-state index contributed by atoms with van der Waals surface area (Å²) in [4.78, 5) is 34.1. The molecule has 0 saturated carbocycles. The molecule has 0 aliphatic carbocycles. The number of nitrogens with one attached hydrogen (secondary N) is 2. The van der Waals surface area contributed by atoms with Gasteiger partial charge in [0.15, 0.2) is 5.78 Å². The van der Waals surface area contributed by atoms with Gasteiger partial charge in [-0.2, -0.15) is 0 Å². The van der Waals surface area contributed by atoms with Crippen LogP contribution < -0.4 is 10.6 Å². The van der Waals surface area contributed by atoms with Crippen LogP contribution in [0, 0.1) is 0 Å². The van der Waals surface area contributed by atoms with Crippen molar-refractivity contribution < 1.29 is 19.1 Å². The molecular weight excluding hydrogens is 260 g/mol. The number of ketones is 1. The SMILES string of the molecule is COCCNC(=O)CC(=O)Nc1ccc(C(C)=O)cc1. The van der Waals surface area contributed by atoms with Crippen molar-refractivity contribution in [2.24, 2.45) is 0 Å². The highest BCUT2D eigenvalue weighted by Gasteiger charge is 2.09. The molecule has 1 aromatic carbocycles. The quantitative estimate of drug-likeness (QED) is 0.442. The lowest BCUT2D eigenvalue weighted by Crippen LogP contribution is -2.30. The van der Waals surface area contributed by atoms with Crippen molar-refractivity contribution in [3.63, 3.8) is 0 Å². The fourth-order valence-corrected chi connectivity index (χ4v) is 1.49. The Hall–Kier alpha value is -2.21. The molecular formula is C14H18N2O4. The molecule has 1 rings (SSSR count). The van der Waals surface area contributed by atoms with Gasteiger partial charge in [-0.15, -0.1) is 0 Å². The number of anilines is 1. The molecule has 0 radical (unpaired) electrons. The molecule has 2 amide bonds. The van der Waals surface area contributed by atoms with Crippen molar-refractivity contribution in [2.45, 2.75) is 13.3 Å². The lowest BCUT2D eigenvalue weighted by molar-refractivity contribution is -0.126. The van der Waals surface area contributed by atoms with E-state index in [0.29, 0.717) is 24.4 Å². The van der Waals surface area contributed by atoms with Crippen LogP contribution in [0.25, 0.3) is 0 Å². The molecule has 0 aliphatic heterocycles. The zero-order valence-corrected chi connectivity index (χ0v) is 11.6. The summed E-state index contributed by atoms with van der Waals surface area (Å²) in [6, 6.07) is 6.49. The van der Waals surface area contributed by atoms with Gasteiger partial charge in [0.2, 0.25) is 11.8 Å². The highest BCUT2D eigenvalue weighted by molar-refractivity contribution is 6.03. The minimum absolute atomic E-state index is 0.0413. The maximum absolute atomic E-state index is 11.6. The van der Waals surface area contributed by atoms with Crippen LogP contribution in [0.4, 0.5) is 5.69 Å². The Morgan fingerprint density at radius 1 is 1.10 bits per heavy atom. The van der Waals surface area contributed by atoms with E-state index in [1.807, 2.05) is 0 Å². The number of ether oxygens (including phenoxy) is 1. The molecule has 0 aliphatic rings. The number of Topliss-reactive ketones (excluding diaryl/α,β-unsaturated/α-hetero) is 1. The molecule has 0 spiro atoms. The van der Waals surface area contributed by atoms with Crippen LogP contribution in [0.2, 0.25) is 0 Å². The van der Waals surface area contributed by atoms with Gasteiger partial charge >= 0.3 is 0 Å². The van der Waals surface area contributed by atoms with E-state index >= 15 is 0 Å². The summed E-state index contributed by atoms with van der Waals surface area (Å²) in [5, 5.41) is 5.14. The summed E-state index contributed by atoms with van der Waals surface area (Å²) < 4.78 is 4.78. The van der Waals surface area contributed by atoms with Gasteiger partial charge in [-0.05, 0) is 31.2 Å². The van der Waals surface area contributed by atoms with Crippen LogP contribution >= 0.6 is 0 Å². The molecule has 0 unspecified atom stereocenters. The normalized spacial score (nSPS) is 9.90. The van der Waals surface area contributed by atoms with Crippen molar-refractivity contribution in [1.82, 2.24) is 5.32 Å². The summed E-state index contributed by atoms with van der Waals surface area (Å²) in [6.45, 7) is 2.24. The number of amides is 2. The summed E-state index contributed by atoms with van der Waals surface area (Å²) in [5.74, 6) is -0.809. The maximum atomic E-state index is 11.6. The summed E-state index contributed by atoms with van der Waals surface area (Å²) in [6.07, 6.45) is -0.252. The molecule has 6 nitrogen and oxygen atoms in total. The van der Waals surface area contributed by atoms with Crippen molar-refractivity contribution >= 4 is 23.3 Å². The van der Waals surface area contributed by atoms with Gasteiger partial charge in [-0.1, -0.05) is 0 Å². The zero-order valence-electron chi connectivity index (χ0n) is 11.6. The lowest BCUT2D eigenvalue weighted by Gasteiger charge is -2.06. The second-order valence-corrected chi connectivity index (χ2v) is 4.20. The van der Waals surface area contributed by atoms with Crippen LogP contribution in [0.15, 0.2) is 24.3 Å². The predicted octanol–water partition coefficient (Wildman–Crippen LogP) is 0.980. The van der Waals surface area contributed by atoms with Crippen LogP contribution in [-0.2, 0) is 14.3 Å². The number of hydrogen-bond acceptors (Lipinski definition) is 4. The minimum atomic E-state index is -0.407. The fraction of sp³-hybridized carbons (Fsp3) is 0.357. The van der Waals surface area contributed by atoms with E-state index in [9.17, 15) is 14.4 Å². The van der Waals surface area contributed by atoms with Crippen molar-refractivity contribution in [2.75, 3.05) is 25.6 Å². The molecule has 0 heterocycles. The Morgan fingerprint density at radius 2 is 1.75 bits per heavy atom. The number of methoxy groups -OCH3 is 1. The lowest BCUT2D eigenvalue weighted by atomic mass is 10.1. The first-order chi connectivity index (χ1) is 9.52. The molecule has 1 aromatic rings. The number of carbonyl (C=O) groups is 3. The van der Waals surface area contributed by atoms with Gasteiger partial charge in [0.1, 0.15) is 6.42 Å². The second-order valence-electron chi connectivity index (χ2n) is 4.20. The van der Waals surface area contributed by atoms with Crippen LogP contribution in [0.3, 0.4) is 0 Å². The third-order valence-corrected chi connectivity index (χ3v) is 2.52. The van der Waals surface area contributed by atoms with Crippen LogP contribution in [-0.4, -0.2) is 37.9 Å². The topological polar surface area (TPSA) is 84.5 Å². The number of rotatable bonds is 7. The van der Waals surface area contributed by atoms with E-state index in [2.05, 4.69) is 10.6 Å². The number of benzene rings is 1. The molecule has 0 atom stereocenters. The molecule has 0 bridgehead atoms. The van der Waals surface area contributed by atoms with Crippen molar-refractivity contribution in [3.8, 4) is 0 Å². The van der Waals surface area contributed by atoms with Gasteiger partial charge in [0.25, 0.3) is 0 Å². The molecule has 0 saturated heterocycles. The summed E-state index contributed by atoms with van der Waals surface area (Å²) in [5.41, 5.74) is 1.12. The van der Waals surface area contributed by atoms with Gasteiger partial charge in [-0.3, -0.25) is 14.4 Å². The van der Waals surface area contributed by atoms with Gasteiger partial charge in [-0.25, -0.2) is 0 Å². The molecule has 0 aromatic heterocycles. The molecule has 108 valence electrons. The smallest absolute Gasteiger partial charge is 0.233 e. The highest BCUT2D eigenvalue weighted by atomic mass is 16.5.